The van der Waals surface area contributed by atoms with Crippen molar-refractivity contribution in [1.29, 1.82) is 0 Å². The largest absolute Gasteiger partial charge is 0.508 e. The number of aromatic nitrogens is 2. The predicted molar refractivity (Wildman–Crippen MR) is 136 cm³/mol. The molecule has 0 spiro atoms. The standard InChI is InChI=1S/C27H26N4O2S/c32-24-13-12-22(26(33)15-24)16-29-31-25(18-34-27(31)30-23-7-4-14-28-17-23)21-10-8-20(9-11-21)19-5-2-1-3-6-19/h4,7-19,32-33H,1-3,5-6H2. The number of hydrogen-bond acceptors (Lipinski definition) is 6. The predicted octanol–water partition coefficient (Wildman–Crippen LogP) is 6.19. The van der Waals surface area contributed by atoms with E-state index in [-0.39, 0.29) is 11.5 Å². The summed E-state index contributed by atoms with van der Waals surface area (Å²) in [5.41, 5.74) is 4.61. The second-order valence-electron chi connectivity index (χ2n) is 8.48. The van der Waals surface area contributed by atoms with Gasteiger partial charge in [-0.15, -0.1) is 11.3 Å². The summed E-state index contributed by atoms with van der Waals surface area (Å²) in [6.07, 6.45) is 11.5. The van der Waals surface area contributed by atoms with Crippen LogP contribution in [-0.4, -0.2) is 26.1 Å². The molecular weight excluding hydrogens is 444 g/mol. The van der Waals surface area contributed by atoms with Crippen molar-refractivity contribution in [2.75, 3.05) is 0 Å². The van der Waals surface area contributed by atoms with Crippen LogP contribution in [0.3, 0.4) is 0 Å². The van der Waals surface area contributed by atoms with Gasteiger partial charge < -0.3 is 10.2 Å². The molecule has 1 aliphatic rings. The zero-order valence-corrected chi connectivity index (χ0v) is 19.5. The number of thiazole rings is 1. The Hall–Kier alpha value is -3.71. The molecule has 172 valence electrons. The third kappa shape index (κ3) is 4.94. The lowest BCUT2D eigenvalue weighted by Crippen LogP contribution is -2.11. The van der Waals surface area contributed by atoms with Gasteiger partial charge in [-0.2, -0.15) is 5.10 Å². The Morgan fingerprint density at radius 1 is 1.00 bits per heavy atom. The first-order chi connectivity index (χ1) is 16.7. The van der Waals surface area contributed by atoms with Crippen LogP contribution in [-0.2, 0) is 0 Å². The second-order valence-corrected chi connectivity index (χ2v) is 9.32. The van der Waals surface area contributed by atoms with Crippen LogP contribution in [0.15, 0.2) is 82.5 Å². The lowest BCUT2D eigenvalue weighted by molar-refractivity contribution is 0.443. The first kappa shape index (κ1) is 22.1. The molecule has 2 heterocycles. The summed E-state index contributed by atoms with van der Waals surface area (Å²) >= 11 is 1.49. The molecule has 6 nitrogen and oxygen atoms in total. The third-order valence-electron chi connectivity index (χ3n) is 6.17. The molecule has 0 aliphatic heterocycles. The summed E-state index contributed by atoms with van der Waals surface area (Å²) in [5.74, 6) is 0.622. The molecular formula is C27H26N4O2S. The van der Waals surface area contributed by atoms with E-state index in [1.807, 2.05) is 17.5 Å². The Morgan fingerprint density at radius 3 is 2.56 bits per heavy atom. The van der Waals surface area contributed by atoms with Crippen LogP contribution in [0.1, 0.15) is 49.1 Å². The van der Waals surface area contributed by atoms with Crippen molar-refractivity contribution in [3.05, 3.63) is 88.3 Å². The van der Waals surface area contributed by atoms with Gasteiger partial charge in [0.15, 0.2) is 0 Å². The van der Waals surface area contributed by atoms with Gasteiger partial charge in [0.2, 0.25) is 4.80 Å². The number of rotatable bonds is 5. The summed E-state index contributed by atoms with van der Waals surface area (Å²) in [4.78, 5) is 9.57. The Morgan fingerprint density at radius 2 is 1.82 bits per heavy atom. The van der Waals surface area contributed by atoms with Gasteiger partial charge in [-0.25, -0.2) is 9.67 Å². The summed E-state index contributed by atoms with van der Waals surface area (Å²) in [7, 11) is 0. The van der Waals surface area contributed by atoms with Crippen molar-refractivity contribution in [1.82, 2.24) is 9.66 Å². The van der Waals surface area contributed by atoms with Gasteiger partial charge in [-0.3, -0.25) is 4.98 Å². The van der Waals surface area contributed by atoms with E-state index < -0.39 is 0 Å². The van der Waals surface area contributed by atoms with Crippen LogP contribution in [0.4, 0.5) is 5.69 Å². The molecule has 7 heteroatoms. The average Bonchev–Trinajstić information content (AvgIpc) is 3.27. The SMILES string of the molecule is Oc1ccc(C=Nn2c(-c3ccc(C4CCCCC4)cc3)csc2=Nc2cccnc2)c(O)c1. The van der Waals surface area contributed by atoms with E-state index in [1.165, 1.54) is 61.1 Å². The van der Waals surface area contributed by atoms with Gasteiger partial charge in [-0.05, 0) is 48.6 Å². The monoisotopic (exact) mass is 470 g/mol. The van der Waals surface area contributed by atoms with Gasteiger partial charge in [-0.1, -0.05) is 43.5 Å². The molecule has 0 atom stereocenters. The molecule has 0 radical (unpaired) electrons. The smallest absolute Gasteiger partial charge is 0.211 e. The summed E-state index contributed by atoms with van der Waals surface area (Å²) < 4.78 is 1.78. The van der Waals surface area contributed by atoms with Crippen LogP contribution in [0.5, 0.6) is 11.5 Å². The molecule has 2 aromatic carbocycles. The topological polar surface area (TPSA) is 83.0 Å². The van der Waals surface area contributed by atoms with Crippen LogP contribution in [0.25, 0.3) is 11.3 Å². The lowest BCUT2D eigenvalue weighted by atomic mass is 9.84. The number of benzene rings is 2. The van der Waals surface area contributed by atoms with Crippen LogP contribution in [0.2, 0.25) is 0 Å². The minimum absolute atomic E-state index is 0.00356. The van der Waals surface area contributed by atoms with Crippen LogP contribution < -0.4 is 4.80 Å². The molecule has 0 unspecified atom stereocenters. The van der Waals surface area contributed by atoms with E-state index >= 15 is 0 Å². The highest BCUT2D eigenvalue weighted by molar-refractivity contribution is 7.07. The molecule has 1 fully saturated rings. The Kier molecular flexibility index (Phi) is 6.53. The maximum Gasteiger partial charge on any atom is 0.211 e. The quantitative estimate of drug-likeness (QED) is 0.341. The minimum Gasteiger partial charge on any atom is -0.508 e. The van der Waals surface area contributed by atoms with Gasteiger partial charge >= 0.3 is 0 Å². The molecule has 4 aromatic rings. The van der Waals surface area contributed by atoms with Crippen LogP contribution in [0, 0.1) is 0 Å². The fraction of sp³-hybridized carbons (Fsp3) is 0.222. The van der Waals surface area contributed by atoms with E-state index in [4.69, 9.17) is 4.99 Å². The zero-order chi connectivity index (χ0) is 23.3. The summed E-state index contributed by atoms with van der Waals surface area (Å²) in [6.45, 7) is 0. The molecule has 0 bridgehead atoms. The van der Waals surface area contributed by atoms with Crippen molar-refractivity contribution in [3.63, 3.8) is 0 Å². The van der Waals surface area contributed by atoms with E-state index in [0.717, 1.165) is 16.9 Å². The Balaban J connectivity index is 1.54. The number of hydrogen-bond donors (Lipinski definition) is 2. The third-order valence-corrected chi connectivity index (χ3v) is 6.98. The number of phenolic OH excluding ortho intramolecular Hbond substituents is 2. The van der Waals surface area contributed by atoms with Crippen molar-refractivity contribution < 1.29 is 10.2 Å². The van der Waals surface area contributed by atoms with Crippen molar-refractivity contribution in [2.45, 2.75) is 38.0 Å². The number of phenols is 2. The minimum atomic E-state index is -0.0382. The molecule has 2 aromatic heterocycles. The zero-order valence-electron chi connectivity index (χ0n) is 18.7. The highest BCUT2D eigenvalue weighted by Gasteiger charge is 2.16. The first-order valence-corrected chi connectivity index (χ1v) is 12.4. The fourth-order valence-corrected chi connectivity index (χ4v) is 5.20. The van der Waals surface area contributed by atoms with Gasteiger partial charge in [0.25, 0.3) is 0 Å². The lowest BCUT2D eigenvalue weighted by Gasteiger charge is -2.22. The fourth-order valence-electron chi connectivity index (χ4n) is 4.34. The Labute approximate surface area is 202 Å². The molecule has 1 aliphatic carbocycles. The van der Waals surface area contributed by atoms with E-state index in [0.29, 0.717) is 16.3 Å². The highest BCUT2D eigenvalue weighted by Crippen LogP contribution is 2.33. The van der Waals surface area contributed by atoms with Gasteiger partial charge in [0.05, 0.1) is 23.8 Å². The number of aromatic hydroxyl groups is 2. The normalized spacial score (nSPS) is 15.2. The second kappa shape index (κ2) is 10.1. The summed E-state index contributed by atoms with van der Waals surface area (Å²) in [6, 6.07) is 17.0. The van der Waals surface area contributed by atoms with Crippen LogP contribution >= 0.6 is 11.3 Å². The maximum atomic E-state index is 10.2. The van der Waals surface area contributed by atoms with Gasteiger partial charge in [0.1, 0.15) is 11.5 Å². The molecule has 5 rings (SSSR count). The molecule has 1 saturated carbocycles. The van der Waals surface area contributed by atoms with E-state index in [1.54, 1.807) is 29.4 Å². The highest BCUT2D eigenvalue weighted by atomic mass is 32.1. The van der Waals surface area contributed by atoms with Crippen molar-refractivity contribution in [3.8, 4) is 22.8 Å². The van der Waals surface area contributed by atoms with Crippen molar-refractivity contribution >= 4 is 23.2 Å². The van der Waals surface area contributed by atoms with E-state index in [2.05, 4.69) is 34.4 Å². The maximum absolute atomic E-state index is 10.2. The number of nitrogens with zero attached hydrogens (tertiary/aromatic N) is 4. The molecule has 0 amide bonds. The van der Waals surface area contributed by atoms with E-state index in [9.17, 15) is 10.2 Å². The van der Waals surface area contributed by atoms with Gasteiger partial charge in [0, 0.05) is 28.8 Å². The molecule has 34 heavy (non-hydrogen) atoms. The summed E-state index contributed by atoms with van der Waals surface area (Å²) in [5, 5.41) is 26.5. The first-order valence-electron chi connectivity index (χ1n) is 11.5. The molecule has 2 N–H and O–H groups in total. The van der Waals surface area contributed by atoms with Crippen molar-refractivity contribution in [2.24, 2.45) is 10.1 Å². The Bertz CT molecular complexity index is 1350. The number of pyridine rings is 1. The average molecular weight is 471 g/mol. The molecule has 0 saturated heterocycles.